The van der Waals surface area contributed by atoms with Crippen LogP contribution in [0, 0.1) is 5.92 Å². The van der Waals surface area contributed by atoms with Gasteiger partial charge in [-0.1, -0.05) is 119 Å². The van der Waals surface area contributed by atoms with E-state index in [1.807, 2.05) is 6.07 Å². The summed E-state index contributed by atoms with van der Waals surface area (Å²) in [5.74, 6) is 2.27. The Morgan fingerprint density at radius 2 is 1.24 bits per heavy atom. The lowest BCUT2D eigenvalue weighted by Gasteiger charge is -2.20. The van der Waals surface area contributed by atoms with Crippen LogP contribution in [0.25, 0.3) is 39.6 Å². The fraction of sp³-hybridized carbons (Fsp3) is 0.226. The monoisotopic (exact) mass is 445 g/mol. The van der Waals surface area contributed by atoms with Crippen LogP contribution in [-0.2, 0) is 5.41 Å². The Labute approximate surface area is 202 Å². The van der Waals surface area contributed by atoms with Gasteiger partial charge in [-0.3, -0.25) is 4.57 Å². The number of hydrogen-bond acceptors (Lipinski definition) is 2. The van der Waals surface area contributed by atoms with E-state index < -0.39 is 0 Å². The van der Waals surface area contributed by atoms with E-state index in [4.69, 9.17) is 0 Å². The average molecular weight is 446 g/mol. The summed E-state index contributed by atoms with van der Waals surface area (Å²) >= 11 is 0. The third-order valence-electron chi connectivity index (χ3n) is 6.47. The summed E-state index contributed by atoms with van der Waals surface area (Å²) in [6.45, 7) is 8.95. The van der Waals surface area contributed by atoms with Crippen molar-refractivity contribution in [3.63, 3.8) is 0 Å². The predicted octanol–water partition coefficient (Wildman–Crippen LogP) is 8.01. The molecule has 1 heterocycles. The normalized spacial score (nSPS) is 15.9. The van der Waals surface area contributed by atoms with Gasteiger partial charge in [-0.05, 0) is 40.5 Å². The predicted molar refractivity (Wildman–Crippen MR) is 142 cm³/mol. The Bertz CT molecular complexity index is 1330. The topological polar surface area (TPSA) is 30.7 Å². The highest BCUT2D eigenvalue weighted by molar-refractivity contribution is 5.75. The first-order valence-electron chi connectivity index (χ1n) is 12.0. The number of rotatable bonds is 4. The van der Waals surface area contributed by atoms with Crippen molar-refractivity contribution in [2.24, 2.45) is 5.92 Å². The zero-order chi connectivity index (χ0) is 23.7. The van der Waals surface area contributed by atoms with Gasteiger partial charge in [0, 0.05) is 16.8 Å². The molecule has 0 saturated heterocycles. The van der Waals surface area contributed by atoms with Gasteiger partial charge in [0.1, 0.15) is 0 Å². The van der Waals surface area contributed by atoms with Crippen molar-refractivity contribution in [2.75, 3.05) is 0 Å². The molecule has 1 aliphatic rings. The molecule has 0 saturated carbocycles. The summed E-state index contributed by atoms with van der Waals surface area (Å²) in [7, 11) is 0. The molecule has 1 unspecified atom stereocenters. The van der Waals surface area contributed by atoms with Crippen LogP contribution < -0.4 is 0 Å². The smallest absolute Gasteiger partial charge is 0.168 e. The van der Waals surface area contributed by atoms with Crippen molar-refractivity contribution in [2.45, 2.75) is 39.5 Å². The van der Waals surface area contributed by atoms with E-state index in [2.05, 4.69) is 133 Å². The SMILES string of the molecule is CC1C=CC(n2c(-c3ccc(-c4ccccc4)cc3)nnc2-c2ccc(C(C)(C)C)cc2)=CC1. The van der Waals surface area contributed by atoms with Crippen molar-refractivity contribution in [3.05, 3.63) is 103 Å². The number of benzene rings is 3. The third kappa shape index (κ3) is 4.38. The van der Waals surface area contributed by atoms with Crippen LogP contribution in [0.4, 0.5) is 0 Å². The van der Waals surface area contributed by atoms with Gasteiger partial charge in [-0.15, -0.1) is 10.2 Å². The van der Waals surface area contributed by atoms with Gasteiger partial charge in [0.15, 0.2) is 11.6 Å². The minimum atomic E-state index is 0.114. The van der Waals surface area contributed by atoms with E-state index in [0.717, 1.165) is 34.9 Å². The maximum Gasteiger partial charge on any atom is 0.168 e. The fourth-order valence-electron chi connectivity index (χ4n) is 4.35. The third-order valence-corrected chi connectivity index (χ3v) is 6.47. The quantitative estimate of drug-likeness (QED) is 0.318. The van der Waals surface area contributed by atoms with Crippen LogP contribution in [0.3, 0.4) is 0 Å². The van der Waals surface area contributed by atoms with E-state index in [1.54, 1.807) is 0 Å². The minimum absolute atomic E-state index is 0.114. The van der Waals surface area contributed by atoms with Gasteiger partial charge in [-0.25, -0.2) is 0 Å². The lowest BCUT2D eigenvalue weighted by Crippen LogP contribution is -2.10. The summed E-state index contributed by atoms with van der Waals surface area (Å²) < 4.78 is 2.20. The van der Waals surface area contributed by atoms with Crippen LogP contribution >= 0.6 is 0 Å². The van der Waals surface area contributed by atoms with Crippen molar-refractivity contribution in [3.8, 4) is 33.9 Å². The Kier molecular flexibility index (Phi) is 5.79. The maximum atomic E-state index is 4.67. The molecule has 0 aliphatic heterocycles. The molecule has 0 spiro atoms. The van der Waals surface area contributed by atoms with Gasteiger partial charge in [0.25, 0.3) is 0 Å². The first-order valence-corrected chi connectivity index (χ1v) is 12.0. The molecule has 0 amide bonds. The van der Waals surface area contributed by atoms with Crippen molar-refractivity contribution >= 4 is 5.70 Å². The molecule has 3 aromatic carbocycles. The molecular weight excluding hydrogens is 414 g/mol. The number of nitrogens with zero attached hydrogens (tertiary/aromatic N) is 3. The molecule has 1 atom stereocenters. The standard InChI is InChI=1S/C31H31N3/c1-22-10-20-28(21-11-22)34-29(25-14-12-24(13-15-25)23-8-6-5-7-9-23)32-33-30(34)26-16-18-27(19-17-26)31(2,3)4/h5-10,12-22H,11H2,1-4H3. The molecule has 1 aliphatic carbocycles. The van der Waals surface area contributed by atoms with Crippen LogP contribution in [0.2, 0.25) is 0 Å². The highest BCUT2D eigenvalue weighted by atomic mass is 15.3. The fourth-order valence-corrected chi connectivity index (χ4v) is 4.35. The van der Waals surface area contributed by atoms with Gasteiger partial charge >= 0.3 is 0 Å². The van der Waals surface area contributed by atoms with Crippen molar-refractivity contribution < 1.29 is 0 Å². The lowest BCUT2D eigenvalue weighted by molar-refractivity contribution is 0.590. The van der Waals surface area contributed by atoms with Crippen molar-refractivity contribution in [1.82, 2.24) is 14.8 Å². The molecule has 3 heteroatoms. The molecule has 4 aromatic rings. The van der Waals surface area contributed by atoms with Crippen molar-refractivity contribution in [1.29, 1.82) is 0 Å². The van der Waals surface area contributed by atoms with Crippen LogP contribution in [0.1, 0.15) is 39.7 Å². The molecule has 0 N–H and O–H groups in total. The Morgan fingerprint density at radius 1 is 0.706 bits per heavy atom. The maximum absolute atomic E-state index is 4.67. The molecule has 0 fully saturated rings. The average Bonchev–Trinajstić information content (AvgIpc) is 3.30. The molecule has 3 nitrogen and oxygen atoms in total. The number of hydrogen-bond donors (Lipinski definition) is 0. The second kappa shape index (κ2) is 8.90. The summed E-state index contributed by atoms with van der Waals surface area (Å²) in [5.41, 5.74) is 7.08. The Balaban J connectivity index is 1.58. The molecular formula is C31H31N3. The molecule has 5 rings (SSSR count). The Morgan fingerprint density at radius 3 is 1.76 bits per heavy atom. The largest absolute Gasteiger partial charge is 0.275 e. The van der Waals surface area contributed by atoms with E-state index in [9.17, 15) is 0 Å². The van der Waals surface area contributed by atoms with Crippen LogP contribution in [0.5, 0.6) is 0 Å². The highest BCUT2D eigenvalue weighted by Crippen LogP contribution is 2.33. The van der Waals surface area contributed by atoms with E-state index >= 15 is 0 Å². The summed E-state index contributed by atoms with van der Waals surface area (Å²) in [4.78, 5) is 0. The zero-order valence-corrected chi connectivity index (χ0v) is 20.4. The zero-order valence-electron chi connectivity index (χ0n) is 20.4. The van der Waals surface area contributed by atoms with Gasteiger partial charge < -0.3 is 0 Å². The first kappa shape index (κ1) is 22.1. The summed E-state index contributed by atoms with van der Waals surface area (Å²) in [6.07, 6.45) is 7.78. The van der Waals surface area contributed by atoms with E-state index in [1.165, 1.54) is 16.7 Å². The van der Waals surface area contributed by atoms with Crippen LogP contribution in [-0.4, -0.2) is 14.8 Å². The highest BCUT2D eigenvalue weighted by Gasteiger charge is 2.20. The second-order valence-electron chi connectivity index (χ2n) is 10.2. The molecule has 0 radical (unpaired) electrons. The number of allylic oxidation sites excluding steroid dienone is 4. The minimum Gasteiger partial charge on any atom is -0.275 e. The van der Waals surface area contributed by atoms with Crippen LogP contribution in [0.15, 0.2) is 97.1 Å². The molecule has 170 valence electrons. The Hall–Kier alpha value is -3.72. The van der Waals surface area contributed by atoms with Gasteiger partial charge in [-0.2, -0.15) is 0 Å². The lowest BCUT2D eigenvalue weighted by atomic mass is 9.86. The summed E-state index contributed by atoms with van der Waals surface area (Å²) in [5, 5.41) is 9.34. The van der Waals surface area contributed by atoms with E-state index in [0.29, 0.717) is 5.92 Å². The molecule has 1 aromatic heterocycles. The van der Waals surface area contributed by atoms with E-state index in [-0.39, 0.29) is 5.41 Å². The first-order chi connectivity index (χ1) is 16.4. The number of aromatic nitrogens is 3. The molecule has 0 bridgehead atoms. The van der Waals surface area contributed by atoms with Gasteiger partial charge in [0.2, 0.25) is 0 Å². The second-order valence-corrected chi connectivity index (χ2v) is 10.2. The molecule has 34 heavy (non-hydrogen) atoms. The summed E-state index contributed by atoms with van der Waals surface area (Å²) in [6, 6.07) is 27.8. The van der Waals surface area contributed by atoms with Gasteiger partial charge in [0.05, 0.1) is 0 Å².